The fraction of sp³-hybridized carbons (Fsp3) is 0.333. The predicted octanol–water partition coefficient (Wildman–Crippen LogP) is 3.97. The fourth-order valence-electron chi connectivity index (χ4n) is 2.41. The number of thiophene rings is 1. The van der Waals surface area contributed by atoms with Crippen LogP contribution in [0.5, 0.6) is 5.75 Å². The molecule has 2 N–H and O–H groups in total. The minimum Gasteiger partial charge on any atom is -0.484 e. The molecule has 0 saturated heterocycles. The first-order valence-corrected chi connectivity index (χ1v) is 7.29. The van der Waals surface area contributed by atoms with E-state index in [1.807, 2.05) is 0 Å². The second-order valence-electron chi connectivity index (χ2n) is 4.79. The van der Waals surface area contributed by atoms with Crippen LogP contribution in [0.15, 0.2) is 30.3 Å². The Labute approximate surface area is 116 Å². The van der Waals surface area contributed by atoms with Crippen molar-refractivity contribution in [2.75, 3.05) is 0 Å². The maximum atomic E-state index is 13.3. The molecule has 4 heteroatoms. The van der Waals surface area contributed by atoms with Gasteiger partial charge in [0.1, 0.15) is 17.7 Å². The summed E-state index contributed by atoms with van der Waals surface area (Å²) in [4.78, 5) is 2.50. The van der Waals surface area contributed by atoms with E-state index >= 15 is 0 Å². The molecule has 100 valence electrons. The third kappa shape index (κ3) is 2.38. The van der Waals surface area contributed by atoms with Gasteiger partial charge in [0, 0.05) is 33.8 Å². The summed E-state index contributed by atoms with van der Waals surface area (Å²) in [5.74, 6) is 0.294. The van der Waals surface area contributed by atoms with Crippen LogP contribution >= 0.6 is 11.3 Å². The molecule has 19 heavy (non-hydrogen) atoms. The van der Waals surface area contributed by atoms with Crippen LogP contribution in [0.4, 0.5) is 4.39 Å². The Morgan fingerprint density at radius 2 is 2.21 bits per heavy atom. The molecule has 1 aliphatic rings. The average molecular weight is 277 g/mol. The molecule has 2 atom stereocenters. The van der Waals surface area contributed by atoms with Crippen LogP contribution in [-0.4, -0.2) is 0 Å². The number of hydrogen-bond donors (Lipinski definition) is 1. The molecule has 0 aliphatic carbocycles. The zero-order valence-electron chi connectivity index (χ0n) is 10.7. The topological polar surface area (TPSA) is 35.2 Å². The van der Waals surface area contributed by atoms with Crippen molar-refractivity contribution in [3.05, 3.63) is 51.5 Å². The summed E-state index contributed by atoms with van der Waals surface area (Å²) in [5, 5.41) is 0. The van der Waals surface area contributed by atoms with Crippen molar-refractivity contribution in [2.24, 2.45) is 5.73 Å². The van der Waals surface area contributed by atoms with Crippen molar-refractivity contribution in [3.8, 4) is 5.75 Å². The zero-order valence-corrected chi connectivity index (χ0v) is 11.5. The highest BCUT2D eigenvalue weighted by Gasteiger charge is 2.28. The van der Waals surface area contributed by atoms with Crippen LogP contribution in [-0.2, 0) is 6.42 Å². The minimum absolute atomic E-state index is 0.0606. The van der Waals surface area contributed by atoms with E-state index in [0.29, 0.717) is 5.75 Å². The summed E-state index contributed by atoms with van der Waals surface area (Å²) in [7, 11) is 0. The number of rotatable bonds is 2. The average Bonchev–Trinajstić information content (AvgIpc) is 2.86. The van der Waals surface area contributed by atoms with E-state index in [1.54, 1.807) is 17.4 Å². The Morgan fingerprint density at radius 1 is 1.37 bits per heavy atom. The predicted molar refractivity (Wildman–Crippen MR) is 75.0 cm³/mol. The second kappa shape index (κ2) is 4.94. The van der Waals surface area contributed by atoms with Gasteiger partial charge in [-0.25, -0.2) is 4.39 Å². The summed E-state index contributed by atoms with van der Waals surface area (Å²) >= 11 is 1.75. The highest BCUT2D eigenvalue weighted by atomic mass is 32.1. The number of halogens is 1. The highest BCUT2D eigenvalue weighted by molar-refractivity contribution is 7.12. The number of fused-ring (bicyclic) bond motifs is 1. The highest BCUT2D eigenvalue weighted by Crippen LogP contribution is 2.41. The van der Waals surface area contributed by atoms with Crippen LogP contribution in [0.1, 0.15) is 40.8 Å². The normalized spacial score (nSPS) is 21.8. The van der Waals surface area contributed by atoms with Crippen molar-refractivity contribution < 1.29 is 9.13 Å². The molecule has 1 aromatic carbocycles. The summed E-state index contributed by atoms with van der Waals surface area (Å²) in [6.07, 6.45) is 1.70. The van der Waals surface area contributed by atoms with Crippen molar-refractivity contribution in [1.82, 2.24) is 0 Å². The van der Waals surface area contributed by atoms with E-state index in [2.05, 4.69) is 19.1 Å². The van der Waals surface area contributed by atoms with Crippen LogP contribution in [0, 0.1) is 5.82 Å². The Hall–Kier alpha value is -1.39. The van der Waals surface area contributed by atoms with Gasteiger partial charge in [-0.15, -0.1) is 11.3 Å². The number of aryl methyl sites for hydroxylation is 1. The van der Waals surface area contributed by atoms with E-state index in [-0.39, 0.29) is 18.0 Å². The van der Waals surface area contributed by atoms with Gasteiger partial charge in [-0.05, 0) is 24.6 Å². The van der Waals surface area contributed by atoms with Crippen LogP contribution in [0.2, 0.25) is 0 Å². The molecule has 2 aromatic rings. The first kappa shape index (κ1) is 12.6. The molecule has 1 aliphatic heterocycles. The summed E-state index contributed by atoms with van der Waals surface area (Å²) < 4.78 is 19.2. The van der Waals surface area contributed by atoms with E-state index < -0.39 is 0 Å². The van der Waals surface area contributed by atoms with Gasteiger partial charge in [0.2, 0.25) is 0 Å². The molecular weight excluding hydrogens is 261 g/mol. The molecule has 0 bridgehead atoms. The smallest absolute Gasteiger partial charge is 0.135 e. The van der Waals surface area contributed by atoms with Gasteiger partial charge in [-0.3, -0.25) is 0 Å². The molecule has 0 amide bonds. The van der Waals surface area contributed by atoms with E-state index in [0.717, 1.165) is 18.4 Å². The minimum atomic E-state index is -0.285. The summed E-state index contributed by atoms with van der Waals surface area (Å²) in [6.45, 7) is 2.13. The van der Waals surface area contributed by atoms with Gasteiger partial charge in [-0.2, -0.15) is 0 Å². The van der Waals surface area contributed by atoms with E-state index in [4.69, 9.17) is 10.5 Å². The Kier molecular flexibility index (Phi) is 3.29. The number of hydrogen-bond acceptors (Lipinski definition) is 3. The first-order valence-electron chi connectivity index (χ1n) is 6.47. The number of ether oxygens (including phenoxy) is 1. The third-order valence-electron chi connectivity index (χ3n) is 3.46. The van der Waals surface area contributed by atoms with Crippen molar-refractivity contribution in [2.45, 2.75) is 31.9 Å². The Morgan fingerprint density at radius 3 is 2.95 bits per heavy atom. The lowest BCUT2D eigenvalue weighted by molar-refractivity contribution is 0.164. The Bertz CT molecular complexity index is 596. The largest absolute Gasteiger partial charge is 0.484 e. The molecule has 1 aromatic heterocycles. The molecule has 0 spiro atoms. The van der Waals surface area contributed by atoms with Crippen molar-refractivity contribution in [1.29, 1.82) is 0 Å². The molecular formula is C15H16FNOS. The maximum absolute atomic E-state index is 13.3. The van der Waals surface area contributed by atoms with Crippen LogP contribution in [0.25, 0.3) is 0 Å². The lowest BCUT2D eigenvalue weighted by Gasteiger charge is -2.29. The molecule has 0 fully saturated rings. The number of benzene rings is 1. The lowest BCUT2D eigenvalue weighted by atomic mass is 9.96. The van der Waals surface area contributed by atoms with Crippen LogP contribution < -0.4 is 10.5 Å². The van der Waals surface area contributed by atoms with Crippen molar-refractivity contribution >= 4 is 11.3 Å². The molecule has 0 saturated carbocycles. The van der Waals surface area contributed by atoms with Gasteiger partial charge in [0.15, 0.2) is 0 Å². The zero-order chi connectivity index (χ0) is 13.4. The fourth-order valence-corrected chi connectivity index (χ4v) is 3.40. The van der Waals surface area contributed by atoms with Gasteiger partial charge >= 0.3 is 0 Å². The molecule has 0 radical (unpaired) electrons. The van der Waals surface area contributed by atoms with E-state index in [1.165, 1.54) is 21.9 Å². The SMILES string of the molecule is CCc1ccc(C2CC(N)c3ccc(F)cc3O2)s1. The first-order chi connectivity index (χ1) is 9.17. The monoisotopic (exact) mass is 277 g/mol. The lowest BCUT2D eigenvalue weighted by Crippen LogP contribution is -2.23. The molecule has 2 unspecified atom stereocenters. The Balaban J connectivity index is 1.91. The van der Waals surface area contributed by atoms with Crippen LogP contribution in [0.3, 0.4) is 0 Å². The molecule has 2 heterocycles. The van der Waals surface area contributed by atoms with Gasteiger partial charge in [0.25, 0.3) is 0 Å². The van der Waals surface area contributed by atoms with E-state index in [9.17, 15) is 4.39 Å². The van der Waals surface area contributed by atoms with Gasteiger partial charge in [0.05, 0.1) is 0 Å². The van der Waals surface area contributed by atoms with Crippen molar-refractivity contribution in [3.63, 3.8) is 0 Å². The standard InChI is InChI=1S/C15H16FNOS/c1-2-10-4-6-15(19-10)14-8-12(17)11-5-3-9(16)7-13(11)18-14/h3-7,12,14H,2,8,17H2,1H3. The summed E-state index contributed by atoms with van der Waals surface area (Å²) in [5.41, 5.74) is 7.06. The maximum Gasteiger partial charge on any atom is 0.135 e. The third-order valence-corrected chi connectivity index (χ3v) is 4.78. The quantitative estimate of drug-likeness (QED) is 0.901. The number of nitrogens with two attached hydrogens (primary N) is 1. The van der Waals surface area contributed by atoms with Gasteiger partial charge in [-0.1, -0.05) is 13.0 Å². The van der Waals surface area contributed by atoms with Gasteiger partial charge < -0.3 is 10.5 Å². The summed E-state index contributed by atoms with van der Waals surface area (Å²) in [6, 6.07) is 8.69. The molecule has 3 rings (SSSR count). The molecule has 2 nitrogen and oxygen atoms in total. The second-order valence-corrected chi connectivity index (χ2v) is 5.99.